The molecule has 2 aliphatic rings. The third-order valence-corrected chi connectivity index (χ3v) is 15.7. The van der Waals surface area contributed by atoms with Gasteiger partial charge in [0.05, 0.1) is 68.1 Å². The van der Waals surface area contributed by atoms with E-state index in [4.69, 9.17) is 9.97 Å². The van der Waals surface area contributed by atoms with E-state index in [1.54, 1.807) is 12.1 Å². The quantitative estimate of drug-likeness (QED) is 0.120. The lowest BCUT2D eigenvalue weighted by atomic mass is 9.99. The van der Waals surface area contributed by atoms with Crippen molar-refractivity contribution in [2.45, 2.75) is 89.1 Å². The van der Waals surface area contributed by atoms with E-state index >= 15 is 0 Å². The molecule has 0 bridgehead atoms. The molecule has 8 aromatic rings. The zero-order valence-electron chi connectivity index (χ0n) is 40.1. The van der Waals surface area contributed by atoms with Gasteiger partial charge in [-0.15, -0.1) is 0 Å². The highest BCUT2D eigenvalue weighted by Gasteiger charge is 2.26. The SMILES string of the molecule is CCCC(c1ccccc1)n1c2cc(S(C)(=O)=O)ccc2c2ncc(C3=C(C)CN=C3C)cc21.CCCC(c1ccccc1)n1c2cc(S(C)(=O)=O)ccc2c2ncc(C3=C(C)CN=C3C)cc21. The maximum atomic E-state index is 12.4. The maximum absolute atomic E-state index is 12.4. The summed E-state index contributed by atoms with van der Waals surface area (Å²) < 4.78 is 54.3. The number of aliphatic imine (C=N–C) groups is 2. The highest BCUT2D eigenvalue weighted by Crippen LogP contribution is 2.40. The van der Waals surface area contributed by atoms with Crippen LogP contribution in [0.4, 0.5) is 0 Å². The van der Waals surface area contributed by atoms with Crippen LogP contribution in [-0.4, -0.2) is 73.0 Å². The molecule has 0 N–H and O–H groups in total. The van der Waals surface area contributed by atoms with Crippen molar-refractivity contribution in [3.8, 4) is 0 Å². The van der Waals surface area contributed by atoms with E-state index in [0.29, 0.717) is 9.79 Å². The highest BCUT2D eigenvalue weighted by molar-refractivity contribution is 7.91. The lowest BCUT2D eigenvalue weighted by molar-refractivity contribution is 0.561. The van der Waals surface area contributed by atoms with E-state index in [9.17, 15) is 16.8 Å². The van der Waals surface area contributed by atoms with Crippen LogP contribution >= 0.6 is 0 Å². The molecule has 6 heterocycles. The van der Waals surface area contributed by atoms with Crippen molar-refractivity contribution in [2.24, 2.45) is 9.98 Å². The molecule has 0 amide bonds. The predicted octanol–water partition coefficient (Wildman–Crippen LogP) is 12.5. The largest absolute Gasteiger partial charge is 0.331 e. The fourth-order valence-corrected chi connectivity index (χ4v) is 11.6. The first-order valence-electron chi connectivity index (χ1n) is 23.4. The first kappa shape index (κ1) is 46.6. The Labute approximate surface area is 399 Å². The topological polar surface area (TPSA) is 129 Å². The third-order valence-electron chi connectivity index (χ3n) is 13.5. The fraction of sp³-hybridized carbons (Fsp3) is 0.286. The Morgan fingerprint density at radius 2 is 0.897 bits per heavy atom. The normalized spacial score (nSPS) is 15.4. The van der Waals surface area contributed by atoms with Crippen molar-refractivity contribution in [1.29, 1.82) is 0 Å². The molecule has 10 nitrogen and oxygen atoms in total. The van der Waals surface area contributed by atoms with Gasteiger partial charge in [-0.1, -0.05) is 87.4 Å². The summed E-state index contributed by atoms with van der Waals surface area (Å²) in [5.74, 6) is 0. The molecule has 10 rings (SSSR count). The minimum Gasteiger partial charge on any atom is -0.331 e. The van der Waals surface area contributed by atoms with Gasteiger partial charge in [-0.3, -0.25) is 20.0 Å². The van der Waals surface area contributed by atoms with Crippen molar-refractivity contribution < 1.29 is 16.8 Å². The summed E-state index contributed by atoms with van der Waals surface area (Å²) >= 11 is 0. The van der Waals surface area contributed by atoms with Crippen molar-refractivity contribution in [1.82, 2.24) is 19.1 Å². The second-order valence-electron chi connectivity index (χ2n) is 18.4. The van der Waals surface area contributed by atoms with E-state index in [-0.39, 0.29) is 12.1 Å². The first-order chi connectivity index (χ1) is 32.6. The van der Waals surface area contributed by atoms with Gasteiger partial charge in [0.1, 0.15) is 0 Å². The number of rotatable bonds is 12. The van der Waals surface area contributed by atoms with E-state index in [1.165, 1.54) is 34.8 Å². The summed E-state index contributed by atoms with van der Waals surface area (Å²) in [6.45, 7) is 14.2. The summed E-state index contributed by atoms with van der Waals surface area (Å²) in [6.07, 6.45) is 10.2. The number of sulfone groups is 2. The van der Waals surface area contributed by atoms with E-state index in [1.807, 2.05) is 62.6 Å². The van der Waals surface area contributed by atoms with E-state index in [2.05, 4.69) is 107 Å². The molecule has 2 aliphatic heterocycles. The lowest BCUT2D eigenvalue weighted by Gasteiger charge is -2.22. The van der Waals surface area contributed by atoms with Gasteiger partial charge in [0.2, 0.25) is 0 Å². The standard InChI is InChI=1S/2C28H29N3O2S/c2*1-5-9-24(20-10-7-6-8-11-20)31-25-15-22(34(4,32)33)12-13-23(25)28-26(31)14-21(17-30-28)27-18(2)16-29-19(27)3/h2*6-8,10-15,17,24H,5,9,16H2,1-4H3. The summed E-state index contributed by atoms with van der Waals surface area (Å²) in [5, 5.41) is 1.93. The number of aromatic nitrogens is 4. The highest BCUT2D eigenvalue weighted by atomic mass is 32.2. The second-order valence-corrected chi connectivity index (χ2v) is 22.4. The number of fused-ring (bicyclic) bond motifs is 6. The number of benzene rings is 4. The van der Waals surface area contributed by atoms with Gasteiger partial charge in [-0.2, -0.15) is 0 Å². The minimum atomic E-state index is -3.34. The van der Waals surface area contributed by atoms with E-state index < -0.39 is 19.7 Å². The van der Waals surface area contributed by atoms with Crippen LogP contribution in [-0.2, 0) is 19.7 Å². The molecule has 4 aromatic carbocycles. The second kappa shape index (κ2) is 18.5. The molecule has 2 unspecified atom stereocenters. The number of nitrogens with zero attached hydrogens (tertiary/aromatic N) is 6. The summed E-state index contributed by atoms with van der Waals surface area (Å²) in [6, 6.07) is 36.2. The molecule has 0 spiro atoms. The predicted molar refractivity (Wildman–Crippen MR) is 281 cm³/mol. The first-order valence-corrected chi connectivity index (χ1v) is 27.2. The molecule has 4 aromatic heterocycles. The van der Waals surface area contributed by atoms with Gasteiger partial charge in [-0.05, 0) is 111 Å². The van der Waals surface area contributed by atoms with Crippen LogP contribution in [0.1, 0.15) is 102 Å². The molecule has 2 atom stereocenters. The Morgan fingerprint density at radius 3 is 1.22 bits per heavy atom. The molecule has 0 aliphatic carbocycles. The van der Waals surface area contributed by atoms with Gasteiger partial charge in [0.25, 0.3) is 0 Å². The van der Waals surface area contributed by atoms with Gasteiger partial charge < -0.3 is 9.13 Å². The van der Waals surface area contributed by atoms with Gasteiger partial charge >= 0.3 is 0 Å². The summed E-state index contributed by atoms with van der Waals surface area (Å²) in [4.78, 5) is 19.7. The van der Waals surface area contributed by atoms with Crippen LogP contribution in [0, 0.1) is 0 Å². The minimum absolute atomic E-state index is 0.0616. The van der Waals surface area contributed by atoms with Crippen LogP contribution in [0.3, 0.4) is 0 Å². The lowest BCUT2D eigenvalue weighted by Crippen LogP contribution is -2.11. The molecule has 0 fully saturated rings. The fourth-order valence-electron chi connectivity index (χ4n) is 10.3. The van der Waals surface area contributed by atoms with Crippen LogP contribution in [0.2, 0.25) is 0 Å². The number of hydrogen-bond acceptors (Lipinski definition) is 8. The van der Waals surface area contributed by atoms with Crippen molar-refractivity contribution in [3.05, 3.63) is 155 Å². The molecule has 0 saturated carbocycles. The third kappa shape index (κ3) is 8.64. The van der Waals surface area contributed by atoms with Gasteiger partial charge in [-0.25, -0.2) is 16.8 Å². The Kier molecular flexibility index (Phi) is 12.7. The molecule has 12 heteroatoms. The number of pyridine rings is 2. The molecular formula is C56H58N6O4S2. The van der Waals surface area contributed by atoms with Crippen LogP contribution < -0.4 is 0 Å². The monoisotopic (exact) mass is 942 g/mol. The Hall–Kier alpha value is -6.50. The summed E-state index contributed by atoms with van der Waals surface area (Å²) in [7, 11) is -6.69. The molecule has 0 radical (unpaired) electrons. The average molecular weight is 943 g/mol. The summed E-state index contributed by atoms with van der Waals surface area (Å²) in [5.41, 5.74) is 17.0. The van der Waals surface area contributed by atoms with Gasteiger partial charge in [0.15, 0.2) is 19.7 Å². The zero-order chi connectivity index (χ0) is 48.1. The van der Waals surface area contributed by atoms with Crippen LogP contribution in [0.25, 0.3) is 55.0 Å². The van der Waals surface area contributed by atoms with Crippen LogP contribution in [0.15, 0.2) is 153 Å². The smallest absolute Gasteiger partial charge is 0.175 e. The average Bonchev–Trinajstić information content (AvgIpc) is 4.05. The number of hydrogen-bond donors (Lipinski definition) is 0. The van der Waals surface area contributed by atoms with E-state index in [0.717, 1.165) is 116 Å². The molecule has 348 valence electrons. The van der Waals surface area contributed by atoms with Crippen molar-refractivity contribution in [2.75, 3.05) is 25.6 Å². The zero-order valence-corrected chi connectivity index (χ0v) is 41.7. The number of allylic oxidation sites excluding steroid dienone is 2. The molecule has 68 heavy (non-hydrogen) atoms. The Bertz CT molecular complexity index is 3400. The van der Waals surface area contributed by atoms with Gasteiger partial charge in [0, 0.05) is 69.4 Å². The van der Waals surface area contributed by atoms with Crippen molar-refractivity contribution >= 4 is 86.1 Å². The Morgan fingerprint density at radius 1 is 0.515 bits per heavy atom. The molecule has 0 saturated heterocycles. The Balaban J connectivity index is 0.000000170. The van der Waals surface area contributed by atoms with Crippen molar-refractivity contribution in [3.63, 3.8) is 0 Å². The van der Waals surface area contributed by atoms with Crippen LogP contribution in [0.5, 0.6) is 0 Å². The maximum Gasteiger partial charge on any atom is 0.175 e. The molecular weight excluding hydrogens is 885 g/mol.